The summed E-state index contributed by atoms with van der Waals surface area (Å²) in [5.74, 6) is 5.18. The molecule has 5 rings (SSSR count). The molecule has 6 heteroatoms. The fourth-order valence-corrected chi connectivity index (χ4v) is 11.2. The number of allylic oxidation sites excluding steroid dienone is 1. The van der Waals surface area contributed by atoms with Crippen molar-refractivity contribution in [1.82, 2.24) is 10.2 Å². The van der Waals surface area contributed by atoms with Gasteiger partial charge >= 0.3 is 6.09 Å². The molecule has 0 aromatic heterocycles. The number of likely N-dealkylation sites (tertiary alicyclic amines) is 1. The third-order valence-electron chi connectivity index (χ3n) is 13.7. The van der Waals surface area contributed by atoms with Crippen LogP contribution >= 0.6 is 0 Å². The summed E-state index contributed by atoms with van der Waals surface area (Å²) >= 11 is 0. The fourth-order valence-electron chi connectivity index (χ4n) is 11.2. The zero-order valence-electron chi connectivity index (χ0n) is 29.6. The molecule has 1 heterocycles. The number of fused-ring (bicyclic) bond motifs is 5. The van der Waals surface area contributed by atoms with Crippen LogP contribution in [0.5, 0.6) is 0 Å². The average Bonchev–Trinajstić information content (AvgIpc) is 3.52. The van der Waals surface area contributed by atoms with Crippen LogP contribution in [0.25, 0.3) is 0 Å². The average molecular weight is 627 g/mol. The summed E-state index contributed by atoms with van der Waals surface area (Å²) in [6.45, 7) is 15.6. The summed E-state index contributed by atoms with van der Waals surface area (Å²) in [6.07, 6.45) is 19.7. The van der Waals surface area contributed by atoms with Gasteiger partial charge in [0.05, 0.1) is 6.10 Å². The van der Waals surface area contributed by atoms with E-state index in [2.05, 4.69) is 46.0 Å². The number of alkyl carbamates (subject to hydrolysis) is 1. The Morgan fingerprint density at radius 3 is 2.56 bits per heavy atom. The molecule has 4 aliphatic carbocycles. The molecule has 0 bridgehead atoms. The van der Waals surface area contributed by atoms with Crippen LogP contribution < -0.4 is 5.32 Å². The van der Waals surface area contributed by atoms with E-state index in [0.29, 0.717) is 31.3 Å². The SMILES string of the molecule is CC(C)CCC[C@@H](C)[C@H]1CCC2[C@@H]3CC=C4C[C@@H](OC(=O)NCCCCCC(=O)N5C[C@H](O)C[C@H]5C)CC[C@]4(C)[C@H]3CC[C@@]21C. The van der Waals surface area contributed by atoms with Gasteiger partial charge in [-0.3, -0.25) is 4.79 Å². The molecule has 5 aliphatic rings. The smallest absolute Gasteiger partial charge is 0.407 e. The highest BCUT2D eigenvalue weighted by Gasteiger charge is 2.59. The van der Waals surface area contributed by atoms with Gasteiger partial charge in [-0.1, -0.05) is 72.0 Å². The van der Waals surface area contributed by atoms with Crippen LogP contribution in [0.2, 0.25) is 0 Å². The van der Waals surface area contributed by atoms with Gasteiger partial charge in [-0.15, -0.1) is 0 Å². The van der Waals surface area contributed by atoms with E-state index in [0.717, 1.165) is 74.0 Å². The van der Waals surface area contributed by atoms with Crippen molar-refractivity contribution in [3.63, 3.8) is 0 Å². The van der Waals surface area contributed by atoms with E-state index in [9.17, 15) is 14.7 Å². The van der Waals surface area contributed by atoms with Gasteiger partial charge in [0, 0.05) is 32.0 Å². The summed E-state index contributed by atoms with van der Waals surface area (Å²) in [5, 5.41) is 12.8. The first-order chi connectivity index (χ1) is 21.4. The summed E-state index contributed by atoms with van der Waals surface area (Å²) in [7, 11) is 0. The van der Waals surface area contributed by atoms with Crippen molar-refractivity contribution in [3.05, 3.63) is 11.6 Å². The highest BCUT2D eigenvalue weighted by atomic mass is 16.6. The number of β-amino-alcohol motifs (C(OH)–C–C–N with tert-alkyl or cyclic N) is 1. The van der Waals surface area contributed by atoms with E-state index < -0.39 is 0 Å². The standard InChI is InChI=1S/C39H66N2O4/c1-26(2)11-10-12-27(3)33-16-17-34-32-15-14-29-24-31(18-20-38(29,5)35(32)19-21-39(33,34)6)45-37(44)40-22-9-7-8-13-36(43)41-25-30(42)23-28(41)4/h14,26-28,30-35,42H,7-13,15-25H2,1-6H3,(H,40,44)/t27-,28-,30-,31+,32+,33-,34?,35+,38+,39-/m1/s1. The molecule has 10 atom stereocenters. The molecule has 6 nitrogen and oxygen atoms in total. The molecular formula is C39H66N2O4. The first kappa shape index (κ1) is 34.8. The number of amides is 2. The number of nitrogens with one attached hydrogen (secondary N) is 1. The largest absolute Gasteiger partial charge is 0.446 e. The molecule has 3 saturated carbocycles. The second-order valence-electron chi connectivity index (χ2n) is 17.1. The first-order valence-corrected chi connectivity index (χ1v) is 19.0. The molecule has 256 valence electrons. The Bertz CT molecular complexity index is 1060. The molecule has 0 aromatic carbocycles. The van der Waals surface area contributed by atoms with E-state index in [-0.39, 0.29) is 35.7 Å². The summed E-state index contributed by atoms with van der Waals surface area (Å²) in [4.78, 5) is 26.9. The van der Waals surface area contributed by atoms with E-state index >= 15 is 0 Å². The molecule has 0 aromatic rings. The summed E-state index contributed by atoms with van der Waals surface area (Å²) < 4.78 is 5.95. The maximum absolute atomic E-state index is 12.7. The number of carbonyl (C=O) groups excluding carboxylic acids is 2. The number of aliphatic hydroxyl groups is 1. The number of ether oxygens (including phenoxy) is 1. The maximum atomic E-state index is 12.7. The van der Waals surface area contributed by atoms with Crippen molar-refractivity contribution in [2.75, 3.05) is 13.1 Å². The van der Waals surface area contributed by atoms with Gasteiger partial charge in [0.15, 0.2) is 0 Å². The quantitative estimate of drug-likeness (QED) is 0.168. The highest BCUT2D eigenvalue weighted by Crippen LogP contribution is 2.67. The Kier molecular flexibility index (Phi) is 11.3. The van der Waals surface area contributed by atoms with Crippen molar-refractivity contribution < 1.29 is 19.4 Å². The lowest BCUT2D eigenvalue weighted by Crippen LogP contribution is -2.51. The Hall–Kier alpha value is -1.56. The molecule has 1 aliphatic heterocycles. The maximum Gasteiger partial charge on any atom is 0.407 e. The Labute approximate surface area is 274 Å². The minimum absolute atomic E-state index is 0.0206. The van der Waals surface area contributed by atoms with Gasteiger partial charge in [-0.2, -0.15) is 0 Å². The minimum atomic E-state index is -0.384. The number of nitrogens with zero attached hydrogens (tertiary/aromatic N) is 1. The highest BCUT2D eigenvalue weighted by molar-refractivity contribution is 5.76. The lowest BCUT2D eigenvalue weighted by atomic mass is 9.47. The molecule has 1 unspecified atom stereocenters. The molecule has 4 fully saturated rings. The van der Waals surface area contributed by atoms with Crippen molar-refractivity contribution in [1.29, 1.82) is 0 Å². The van der Waals surface area contributed by atoms with Crippen molar-refractivity contribution in [2.45, 2.75) is 163 Å². The van der Waals surface area contributed by atoms with Gasteiger partial charge in [0.2, 0.25) is 5.91 Å². The molecule has 0 radical (unpaired) electrons. The minimum Gasteiger partial charge on any atom is -0.446 e. The van der Waals surface area contributed by atoms with Crippen LogP contribution in [-0.4, -0.2) is 53.3 Å². The van der Waals surface area contributed by atoms with E-state index in [1.54, 1.807) is 5.57 Å². The van der Waals surface area contributed by atoms with E-state index in [1.807, 2.05) is 11.8 Å². The Balaban J connectivity index is 1.05. The van der Waals surface area contributed by atoms with Gasteiger partial charge in [0.25, 0.3) is 0 Å². The van der Waals surface area contributed by atoms with Gasteiger partial charge in [-0.05, 0) is 117 Å². The molecular weight excluding hydrogens is 560 g/mol. The number of carbonyl (C=O) groups is 2. The third kappa shape index (κ3) is 7.62. The summed E-state index contributed by atoms with van der Waals surface area (Å²) in [6, 6.07) is 0.129. The van der Waals surface area contributed by atoms with E-state index in [4.69, 9.17) is 4.74 Å². The Morgan fingerprint density at radius 2 is 1.82 bits per heavy atom. The zero-order valence-corrected chi connectivity index (χ0v) is 29.6. The topological polar surface area (TPSA) is 78.9 Å². The van der Waals surface area contributed by atoms with Crippen molar-refractivity contribution >= 4 is 12.0 Å². The second-order valence-corrected chi connectivity index (χ2v) is 17.1. The lowest BCUT2D eigenvalue weighted by Gasteiger charge is -2.58. The van der Waals surface area contributed by atoms with Crippen LogP contribution in [-0.2, 0) is 9.53 Å². The number of rotatable bonds is 12. The number of unbranched alkanes of at least 4 members (excludes halogenated alkanes) is 2. The van der Waals surface area contributed by atoms with Crippen LogP contribution in [0.4, 0.5) is 4.79 Å². The fraction of sp³-hybridized carbons (Fsp3) is 0.897. The molecule has 2 amide bonds. The molecule has 0 spiro atoms. The van der Waals surface area contributed by atoms with E-state index in [1.165, 1.54) is 51.4 Å². The normalized spacial score (nSPS) is 38.3. The lowest BCUT2D eigenvalue weighted by molar-refractivity contribution is -0.132. The predicted molar refractivity (Wildman–Crippen MR) is 182 cm³/mol. The Morgan fingerprint density at radius 1 is 1.02 bits per heavy atom. The first-order valence-electron chi connectivity index (χ1n) is 19.0. The second kappa shape index (κ2) is 14.7. The van der Waals surface area contributed by atoms with Crippen LogP contribution in [0.15, 0.2) is 11.6 Å². The predicted octanol–water partition coefficient (Wildman–Crippen LogP) is 8.66. The van der Waals surface area contributed by atoms with Crippen LogP contribution in [0, 0.1) is 46.3 Å². The molecule has 45 heavy (non-hydrogen) atoms. The third-order valence-corrected chi connectivity index (χ3v) is 13.7. The molecule has 1 saturated heterocycles. The summed E-state index contributed by atoms with van der Waals surface area (Å²) in [5.41, 5.74) is 2.35. The number of aliphatic hydroxyl groups excluding tert-OH is 1. The van der Waals surface area contributed by atoms with Gasteiger partial charge in [0.1, 0.15) is 6.10 Å². The monoisotopic (exact) mass is 627 g/mol. The van der Waals surface area contributed by atoms with Gasteiger partial charge < -0.3 is 20.1 Å². The zero-order chi connectivity index (χ0) is 32.4. The number of hydrogen-bond acceptors (Lipinski definition) is 4. The van der Waals surface area contributed by atoms with Crippen LogP contribution in [0.1, 0.15) is 144 Å². The van der Waals surface area contributed by atoms with Crippen LogP contribution in [0.3, 0.4) is 0 Å². The van der Waals surface area contributed by atoms with Gasteiger partial charge in [-0.25, -0.2) is 4.79 Å². The van der Waals surface area contributed by atoms with Crippen molar-refractivity contribution in [3.8, 4) is 0 Å². The van der Waals surface area contributed by atoms with Crippen molar-refractivity contribution in [2.24, 2.45) is 46.3 Å². The molecule has 2 N–H and O–H groups in total. The number of hydrogen-bond donors (Lipinski definition) is 2.